The van der Waals surface area contributed by atoms with Gasteiger partial charge in [-0.25, -0.2) is 9.67 Å². The van der Waals surface area contributed by atoms with Crippen molar-refractivity contribution in [3.8, 4) is 22.7 Å². The van der Waals surface area contributed by atoms with Gasteiger partial charge in [0.05, 0.1) is 18.5 Å². The summed E-state index contributed by atoms with van der Waals surface area (Å²) in [5, 5.41) is 7.74. The lowest BCUT2D eigenvalue weighted by molar-refractivity contribution is 0.0760. The molecule has 4 aromatic rings. The number of aromatic nitrogens is 3. The number of hydrogen-bond donors (Lipinski definition) is 0. The molecule has 2 aromatic carbocycles. The molecule has 0 saturated carbocycles. The first-order valence-electron chi connectivity index (χ1n) is 11.0. The number of para-hydroxylation sites is 1. The summed E-state index contributed by atoms with van der Waals surface area (Å²) in [6.07, 6.45) is 2.72. The number of thiazole rings is 1. The first-order chi connectivity index (χ1) is 16.2. The van der Waals surface area contributed by atoms with E-state index in [2.05, 4.69) is 9.88 Å². The van der Waals surface area contributed by atoms with Crippen molar-refractivity contribution < 1.29 is 9.53 Å². The number of hydrogen-bond acceptors (Lipinski definition) is 6. The van der Waals surface area contributed by atoms with Gasteiger partial charge in [-0.3, -0.25) is 4.79 Å². The van der Waals surface area contributed by atoms with Crippen molar-refractivity contribution in [3.05, 3.63) is 77.9 Å². The molecule has 0 spiro atoms. The quantitative estimate of drug-likeness (QED) is 0.444. The van der Waals surface area contributed by atoms with Crippen LogP contribution < -0.4 is 9.64 Å². The van der Waals surface area contributed by atoms with Crippen LogP contribution in [0.4, 0.5) is 5.13 Å². The zero-order valence-corrected chi connectivity index (χ0v) is 19.2. The molecule has 1 saturated heterocycles. The van der Waals surface area contributed by atoms with E-state index in [1.165, 1.54) is 0 Å². The first kappa shape index (κ1) is 21.2. The molecular formula is C25H25N5O2S. The molecular weight excluding hydrogens is 434 g/mol. The van der Waals surface area contributed by atoms with Crippen molar-refractivity contribution in [2.45, 2.75) is 6.42 Å². The number of rotatable bonds is 5. The predicted octanol–water partition coefficient (Wildman–Crippen LogP) is 4.36. The largest absolute Gasteiger partial charge is 0.497 e. The van der Waals surface area contributed by atoms with Crippen molar-refractivity contribution in [3.63, 3.8) is 0 Å². The highest BCUT2D eigenvalue weighted by atomic mass is 32.1. The van der Waals surface area contributed by atoms with E-state index < -0.39 is 0 Å². The molecule has 3 heterocycles. The number of benzene rings is 2. The Morgan fingerprint density at radius 1 is 1.00 bits per heavy atom. The second-order valence-electron chi connectivity index (χ2n) is 7.84. The minimum absolute atomic E-state index is 0.0413. The average Bonchev–Trinajstić information content (AvgIpc) is 3.50. The number of anilines is 1. The zero-order valence-electron chi connectivity index (χ0n) is 18.4. The van der Waals surface area contributed by atoms with Crippen LogP contribution in [0.1, 0.15) is 16.9 Å². The fourth-order valence-corrected chi connectivity index (χ4v) is 4.76. The van der Waals surface area contributed by atoms with Gasteiger partial charge in [0.25, 0.3) is 5.91 Å². The molecule has 1 aliphatic rings. The standard InChI is InChI=1S/C25H25N5O2S/c1-32-21-10-8-19(9-11-21)23-18-22(27-30(23)20-6-3-2-4-7-20)24(31)28-13-5-14-29(16-15-28)25-26-12-17-33-25/h2-4,6-12,17-18H,5,13-16H2,1H3. The lowest BCUT2D eigenvalue weighted by Crippen LogP contribution is -2.35. The number of ether oxygens (including phenoxy) is 1. The van der Waals surface area contributed by atoms with E-state index in [1.807, 2.05) is 81.8 Å². The van der Waals surface area contributed by atoms with Gasteiger partial charge in [0.1, 0.15) is 5.75 Å². The summed E-state index contributed by atoms with van der Waals surface area (Å²) >= 11 is 1.63. The van der Waals surface area contributed by atoms with Crippen LogP contribution in [0.3, 0.4) is 0 Å². The van der Waals surface area contributed by atoms with Crippen molar-refractivity contribution in [1.29, 1.82) is 0 Å². The highest BCUT2D eigenvalue weighted by Crippen LogP contribution is 2.27. The van der Waals surface area contributed by atoms with E-state index >= 15 is 0 Å². The van der Waals surface area contributed by atoms with Gasteiger partial charge in [-0.15, -0.1) is 11.3 Å². The van der Waals surface area contributed by atoms with E-state index in [-0.39, 0.29) is 5.91 Å². The topological polar surface area (TPSA) is 63.5 Å². The molecule has 0 bridgehead atoms. The van der Waals surface area contributed by atoms with E-state index in [4.69, 9.17) is 9.84 Å². The first-order valence-corrected chi connectivity index (χ1v) is 11.8. The SMILES string of the molecule is COc1ccc(-c2cc(C(=O)N3CCCN(c4nccs4)CC3)nn2-c2ccccc2)cc1. The monoisotopic (exact) mass is 459 g/mol. The molecule has 1 amide bonds. The third-order valence-electron chi connectivity index (χ3n) is 5.79. The van der Waals surface area contributed by atoms with Crippen LogP contribution in [0.2, 0.25) is 0 Å². The van der Waals surface area contributed by atoms with E-state index in [9.17, 15) is 4.79 Å². The van der Waals surface area contributed by atoms with Gasteiger partial charge >= 0.3 is 0 Å². The maximum Gasteiger partial charge on any atom is 0.274 e. The van der Waals surface area contributed by atoms with E-state index in [0.29, 0.717) is 18.8 Å². The summed E-state index contributed by atoms with van der Waals surface area (Å²) in [4.78, 5) is 22.1. The lowest BCUT2D eigenvalue weighted by Gasteiger charge is -2.21. The molecule has 0 atom stereocenters. The van der Waals surface area contributed by atoms with Crippen molar-refractivity contribution in [2.24, 2.45) is 0 Å². The normalized spacial score (nSPS) is 14.2. The van der Waals surface area contributed by atoms with Crippen LogP contribution >= 0.6 is 11.3 Å². The van der Waals surface area contributed by atoms with Crippen LogP contribution in [0.15, 0.2) is 72.2 Å². The zero-order chi connectivity index (χ0) is 22.6. The third-order valence-corrected chi connectivity index (χ3v) is 6.62. The summed E-state index contributed by atoms with van der Waals surface area (Å²) in [6, 6.07) is 19.6. The maximum absolute atomic E-state index is 13.5. The number of nitrogens with zero attached hydrogens (tertiary/aromatic N) is 5. The summed E-state index contributed by atoms with van der Waals surface area (Å²) < 4.78 is 7.14. The second-order valence-corrected chi connectivity index (χ2v) is 8.71. The summed E-state index contributed by atoms with van der Waals surface area (Å²) in [5.41, 5.74) is 3.20. The number of carbonyl (C=O) groups is 1. The summed E-state index contributed by atoms with van der Waals surface area (Å²) in [6.45, 7) is 3.02. The van der Waals surface area contributed by atoms with Crippen LogP contribution in [-0.2, 0) is 0 Å². The Morgan fingerprint density at radius 2 is 1.82 bits per heavy atom. The van der Waals surface area contributed by atoms with Gasteiger partial charge < -0.3 is 14.5 Å². The molecule has 0 aliphatic carbocycles. The molecule has 8 heteroatoms. The van der Waals surface area contributed by atoms with Gasteiger partial charge in [-0.05, 0) is 48.9 Å². The van der Waals surface area contributed by atoms with Crippen molar-refractivity contribution in [1.82, 2.24) is 19.7 Å². The third kappa shape index (κ3) is 4.47. The van der Waals surface area contributed by atoms with Gasteiger partial charge in [-0.2, -0.15) is 5.10 Å². The Morgan fingerprint density at radius 3 is 2.55 bits per heavy atom. The Kier molecular flexibility index (Phi) is 6.08. The summed E-state index contributed by atoms with van der Waals surface area (Å²) in [5.74, 6) is 0.746. The Hall–Kier alpha value is -3.65. The molecule has 0 unspecified atom stereocenters. The minimum Gasteiger partial charge on any atom is -0.497 e. The lowest BCUT2D eigenvalue weighted by atomic mass is 10.1. The van der Waals surface area contributed by atoms with Gasteiger partial charge in [0.15, 0.2) is 10.8 Å². The number of carbonyl (C=O) groups excluding carboxylic acids is 1. The Balaban J connectivity index is 1.44. The smallest absolute Gasteiger partial charge is 0.274 e. The number of methoxy groups -OCH3 is 1. The minimum atomic E-state index is -0.0413. The molecule has 5 rings (SSSR count). The molecule has 33 heavy (non-hydrogen) atoms. The molecule has 1 fully saturated rings. The Labute approximate surface area is 196 Å². The number of amides is 1. The predicted molar refractivity (Wildman–Crippen MR) is 130 cm³/mol. The Bertz CT molecular complexity index is 1210. The van der Waals surface area contributed by atoms with Gasteiger partial charge in [0, 0.05) is 43.3 Å². The van der Waals surface area contributed by atoms with Gasteiger partial charge in [0.2, 0.25) is 0 Å². The molecule has 0 radical (unpaired) electrons. The maximum atomic E-state index is 13.5. The van der Waals surface area contributed by atoms with Gasteiger partial charge in [-0.1, -0.05) is 18.2 Å². The van der Waals surface area contributed by atoms with E-state index in [1.54, 1.807) is 18.4 Å². The average molecular weight is 460 g/mol. The molecule has 1 aliphatic heterocycles. The van der Waals surface area contributed by atoms with Crippen LogP contribution in [0, 0.1) is 0 Å². The molecule has 2 aromatic heterocycles. The molecule has 7 nitrogen and oxygen atoms in total. The molecule has 0 N–H and O–H groups in total. The van der Waals surface area contributed by atoms with Crippen molar-refractivity contribution >= 4 is 22.4 Å². The highest BCUT2D eigenvalue weighted by Gasteiger charge is 2.25. The van der Waals surface area contributed by atoms with E-state index in [0.717, 1.165) is 47.3 Å². The second kappa shape index (κ2) is 9.46. The van der Waals surface area contributed by atoms with Crippen LogP contribution in [0.5, 0.6) is 5.75 Å². The highest BCUT2D eigenvalue weighted by molar-refractivity contribution is 7.13. The van der Waals surface area contributed by atoms with Crippen molar-refractivity contribution in [2.75, 3.05) is 38.2 Å². The fourth-order valence-electron chi connectivity index (χ4n) is 4.06. The van der Waals surface area contributed by atoms with Crippen LogP contribution in [-0.4, -0.2) is 58.9 Å². The molecule has 168 valence electrons. The fraction of sp³-hybridized carbons (Fsp3) is 0.240. The summed E-state index contributed by atoms with van der Waals surface area (Å²) in [7, 11) is 1.65. The van der Waals surface area contributed by atoms with Crippen LogP contribution in [0.25, 0.3) is 16.9 Å².